The number of nitro benzene ring substituents is 1. The Balaban J connectivity index is 1.93. The standard InChI is InChI=1S/C17H18N2O4/c1-12-10-15(8-9-16(12)19(21)22)23-13(2)17(20)18-11-14-6-4-3-5-7-14/h3-10,13H,11H2,1-2H3,(H,18,20). The molecule has 1 atom stereocenters. The van der Waals surface area contributed by atoms with E-state index in [2.05, 4.69) is 5.32 Å². The quantitative estimate of drug-likeness (QED) is 0.656. The lowest BCUT2D eigenvalue weighted by molar-refractivity contribution is -0.385. The number of carbonyl (C=O) groups is 1. The van der Waals surface area contributed by atoms with Crippen LogP contribution < -0.4 is 10.1 Å². The number of aryl methyl sites for hydroxylation is 1. The van der Waals surface area contributed by atoms with Gasteiger partial charge in [0.2, 0.25) is 0 Å². The minimum Gasteiger partial charge on any atom is -0.481 e. The fraction of sp³-hybridized carbons (Fsp3) is 0.235. The number of nitrogens with zero attached hydrogens (tertiary/aromatic N) is 1. The molecule has 6 heteroatoms. The molecule has 0 aliphatic heterocycles. The van der Waals surface area contributed by atoms with Crippen molar-refractivity contribution in [2.24, 2.45) is 0 Å². The van der Waals surface area contributed by atoms with Crippen LogP contribution in [0.25, 0.3) is 0 Å². The molecule has 2 rings (SSSR count). The van der Waals surface area contributed by atoms with Crippen molar-refractivity contribution in [1.82, 2.24) is 5.32 Å². The zero-order valence-corrected chi connectivity index (χ0v) is 13.0. The molecule has 0 aromatic heterocycles. The fourth-order valence-corrected chi connectivity index (χ4v) is 2.09. The monoisotopic (exact) mass is 314 g/mol. The minimum atomic E-state index is -0.695. The van der Waals surface area contributed by atoms with E-state index in [0.29, 0.717) is 17.9 Å². The normalized spacial score (nSPS) is 11.6. The molecule has 0 aliphatic rings. The first-order valence-electron chi connectivity index (χ1n) is 7.20. The van der Waals surface area contributed by atoms with Crippen LogP contribution in [0.4, 0.5) is 5.69 Å². The lowest BCUT2D eigenvalue weighted by Gasteiger charge is -2.15. The van der Waals surface area contributed by atoms with Crippen LogP contribution >= 0.6 is 0 Å². The Bertz CT molecular complexity index is 701. The fourth-order valence-electron chi connectivity index (χ4n) is 2.09. The van der Waals surface area contributed by atoms with E-state index in [1.165, 1.54) is 12.1 Å². The summed E-state index contributed by atoms with van der Waals surface area (Å²) in [6.07, 6.45) is -0.695. The number of ether oxygens (including phenoxy) is 1. The second-order valence-electron chi connectivity index (χ2n) is 5.17. The van der Waals surface area contributed by atoms with Gasteiger partial charge in [-0.05, 0) is 31.5 Å². The lowest BCUT2D eigenvalue weighted by atomic mass is 10.2. The average molecular weight is 314 g/mol. The predicted molar refractivity (Wildman–Crippen MR) is 86.2 cm³/mol. The van der Waals surface area contributed by atoms with Gasteiger partial charge in [0, 0.05) is 18.2 Å². The molecule has 120 valence electrons. The Morgan fingerprint density at radius 3 is 2.57 bits per heavy atom. The van der Waals surface area contributed by atoms with E-state index in [-0.39, 0.29) is 11.6 Å². The molecule has 2 aromatic rings. The topological polar surface area (TPSA) is 81.5 Å². The summed E-state index contributed by atoms with van der Waals surface area (Å²) in [5.41, 5.74) is 1.52. The molecule has 0 saturated heterocycles. The predicted octanol–water partition coefficient (Wildman–Crippen LogP) is 2.99. The van der Waals surface area contributed by atoms with E-state index < -0.39 is 11.0 Å². The Kier molecular flexibility index (Phi) is 5.30. The summed E-state index contributed by atoms with van der Waals surface area (Å²) in [6.45, 7) is 3.69. The molecule has 2 aromatic carbocycles. The van der Waals surface area contributed by atoms with Crippen LogP contribution in [0, 0.1) is 17.0 Å². The van der Waals surface area contributed by atoms with Crippen molar-refractivity contribution in [3.63, 3.8) is 0 Å². The summed E-state index contributed by atoms with van der Waals surface area (Å²) >= 11 is 0. The third-order valence-corrected chi connectivity index (χ3v) is 3.36. The van der Waals surface area contributed by atoms with Crippen LogP contribution in [-0.4, -0.2) is 16.9 Å². The third kappa shape index (κ3) is 4.54. The highest BCUT2D eigenvalue weighted by Gasteiger charge is 2.16. The second kappa shape index (κ2) is 7.40. The number of hydrogen-bond donors (Lipinski definition) is 1. The van der Waals surface area contributed by atoms with Gasteiger partial charge in [-0.15, -0.1) is 0 Å². The molecule has 23 heavy (non-hydrogen) atoms. The lowest BCUT2D eigenvalue weighted by Crippen LogP contribution is -2.35. The number of amides is 1. The van der Waals surface area contributed by atoms with Crippen LogP contribution in [0.2, 0.25) is 0 Å². The van der Waals surface area contributed by atoms with E-state index in [9.17, 15) is 14.9 Å². The zero-order valence-electron chi connectivity index (χ0n) is 13.0. The SMILES string of the molecule is Cc1cc(OC(C)C(=O)NCc2ccccc2)ccc1[N+](=O)[O-]. The summed E-state index contributed by atoms with van der Waals surface area (Å²) in [6, 6.07) is 14.0. The number of carbonyl (C=O) groups excluding carboxylic acids is 1. The Morgan fingerprint density at radius 2 is 1.96 bits per heavy atom. The van der Waals surface area contributed by atoms with Gasteiger partial charge in [-0.25, -0.2) is 0 Å². The van der Waals surface area contributed by atoms with Crippen LogP contribution in [-0.2, 0) is 11.3 Å². The Morgan fingerprint density at radius 1 is 1.26 bits per heavy atom. The molecule has 1 unspecified atom stereocenters. The smallest absolute Gasteiger partial charge is 0.272 e. The molecular formula is C17H18N2O4. The van der Waals surface area contributed by atoms with E-state index in [1.54, 1.807) is 19.9 Å². The largest absolute Gasteiger partial charge is 0.481 e. The van der Waals surface area contributed by atoms with Crippen LogP contribution in [0.5, 0.6) is 5.75 Å². The van der Waals surface area contributed by atoms with Crippen molar-refractivity contribution < 1.29 is 14.5 Å². The van der Waals surface area contributed by atoms with E-state index in [1.807, 2.05) is 30.3 Å². The van der Waals surface area contributed by atoms with E-state index >= 15 is 0 Å². The van der Waals surface area contributed by atoms with Crippen molar-refractivity contribution in [3.05, 3.63) is 69.8 Å². The van der Waals surface area contributed by atoms with Gasteiger partial charge in [0.05, 0.1) is 4.92 Å². The highest BCUT2D eigenvalue weighted by molar-refractivity contribution is 5.80. The molecule has 0 aliphatic carbocycles. The number of rotatable bonds is 6. The van der Waals surface area contributed by atoms with Crippen LogP contribution in [0.15, 0.2) is 48.5 Å². The Labute approximate surface area is 134 Å². The van der Waals surface area contributed by atoms with E-state index in [4.69, 9.17) is 4.74 Å². The maximum Gasteiger partial charge on any atom is 0.272 e. The molecule has 0 bridgehead atoms. The summed E-state index contributed by atoms with van der Waals surface area (Å²) in [5.74, 6) is 0.181. The highest BCUT2D eigenvalue weighted by Crippen LogP contribution is 2.23. The molecule has 0 spiro atoms. The van der Waals surface area contributed by atoms with Crippen LogP contribution in [0.3, 0.4) is 0 Å². The average Bonchev–Trinajstić information content (AvgIpc) is 2.53. The van der Waals surface area contributed by atoms with Crippen molar-refractivity contribution in [3.8, 4) is 5.75 Å². The van der Waals surface area contributed by atoms with Gasteiger partial charge in [0.1, 0.15) is 5.75 Å². The van der Waals surface area contributed by atoms with Gasteiger partial charge in [-0.1, -0.05) is 30.3 Å². The molecule has 1 amide bonds. The molecule has 0 radical (unpaired) electrons. The minimum absolute atomic E-state index is 0.0264. The molecule has 0 saturated carbocycles. The maximum absolute atomic E-state index is 12.0. The second-order valence-corrected chi connectivity index (χ2v) is 5.17. The molecule has 1 N–H and O–H groups in total. The van der Waals surface area contributed by atoms with Gasteiger partial charge in [0.15, 0.2) is 6.10 Å². The van der Waals surface area contributed by atoms with Gasteiger partial charge < -0.3 is 10.1 Å². The molecular weight excluding hydrogens is 296 g/mol. The molecule has 6 nitrogen and oxygen atoms in total. The number of nitro groups is 1. The molecule has 0 fully saturated rings. The van der Waals surface area contributed by atoms with Crippen molar-refractivity contribution in [1.29, 1.82) is 0 Å². The first kappa shape index (κ1) is 16.5. The highest BCUT2D eigenvalue weighted by atomic mass is 16.6. The van der Waals surface area contributed by atoms with Crippen LogP contribution in [0.1, 0.15) is 18.1 Å². The number of hydrogen-bond acceptors (Lipinski definition) is 4. The summed E-state index contributed by atoms with van der Waals surface area (Å²) in [7, 11) is 0. The maximum atomic E-state index is 12.0. The number of benzene rings is 2. The van der Waals surface area contributed by atoms with Gasteiger partial charge in [-0.3, -0.25) is 14.9 Å². The molecule has 0 heterocycles. The third-order valence-electron chi connectivity index (χ3n) is 3.36. The summed E-state index contributed by atoms with van der Waals surface area (Å²) in [4.78, 5) is 22.4. The Hall–Kier alpha value is -2.89. The summed E-state index contributed by atoms with van der Waals surface area (Å²) in [5, 5.41) is 13.6. The number of nitrogens with one attached hydrogen (secondary N) is 1. The summed E-state index contributed by atoms with van der Waals surface area (Å²) < 4.78 is 5.55. The van der Waals surface area contributed by atoms with E-state index in [0.717, 1.165) is 5.56 Å². The van der Waals surface area contributed by atoms with Crippen molar-refractivity contribution >= 4 is 11.6 Å². The van der Waals surface area contributed by atoms with Crippen molar-refractivity contribution in [2.45, 2.75) is 26.5 Å². The zero-order chi connectivity index (χ0) is 16.8. The first-order valence-corrected chi connectivity index (χ1v) is 7.20. The van der Waals surface area contributed by atoms with Gasteiger partial charge in [-0.2, -0.15) is 0 Å². The first-order chi connectivity index (χ1) is 11.0. The van der Waals surface area contributed by atoms with Gasteiger partial charge >= 0.3 is 0 Å². The van der Waals surface area contributed by atoms with Crippen molar-refractivity contribution in [2.75, 3.05) is 0 Å². The van der Waals surface area contributed by atoms with Gasteiger partial charge in [0.25, 0.3) is 11.6 Å².